The molecule has 2 aromatic carbocycles. The van der Waals surface area contributed by atoms with Crippen LogP contribution in [-0.2, 0) is 4.79 Å². The molecule has 0 aliphatic rings. The molecule has 0 bridgehead atoms. The van der Waals surface area contributed by atoms with Crippen LogP contribution in [0.3, 0.4) is 0 Å². The van der Waals surface area contributed by atoms with Gasteiger partial charge >= 0.3 is 0 Å². The van der Waals surface area contributed by atoms with Gasteiger partial charge in [-0.05, 0) is 41.0 Å². The normalized spacial score (nSPS) is 14.0. The van der Waals surface area contributed by atoms with Crippen LogP contribution in [0.4, 0.5) is 5.69 Å². The molecule has 0 saturated heterocycles. The zero-order valence-electron chi connectivity index (χ0n) is 11.7. The fraction of sp³-hybridized carbons (Fsp3) is 0.312. The first kappa shape index (κ1) is 15.0. The number of hydrogen-bond donors (Lipinski definition) is 2. The molecule has 106 valence electrons. The van der Waals surface area contributed by atoms with E-state index in [1.165, 1.54) is 0 Å². The number of carbonyl (C=O) groups is 1. The van der Waals surface area contributed by atoms with Crippen molar-refractivity contribution in [2.45, 2.75) is 26.3 Å². The predicted molar refractivity (Wildman–Crippen MR) is 87.7 cm³/mol. The van der Waals surface area contributed by atoms with Crippen molar-refractivity contribution in [3.8, 4) is 0 Å². The molecule has 2 rings (SSSR count). The molecular formula is C16H19BrN2O. The van der Waals surface area contributed by atoms with Gasteiger partial charge in [-0.2, -0.15) is 0 Å². The van der Waals surface area contributed by atoms with E-state index in [9.17, 15) is 4.79 Å². The Morgan fingerprint density at radius 3 is 2.60 bits per heavy atom. The maximum Gasteiger partial charge on any atom is 0.241 e. The zero-order chi connectivity index (χ0) is 14.7. The van der Waals surface area contributed by atoms with E-state index in [0.29, 0.717) is 0 Å². The van der Waals surface area contributed by atoms with Gasteiger partial charge < -0.3 is 11.1 Å². The molecule has 0 heterocycles. The average molecular weight is 335 g/mol. The molecule has 1 amide bonds. The molecule has 0 fully saturated rings. The molecule has 0 aliphatic heterocycles. The smallest absolute Gasteiger partial charge is 0.241 e. The molecule has 3 nitrogen and oxygen atoms in total. The minimum absolute atomic E-state index is 0.129. The molecule has 0 aliphatic carbocycles. The van der Waals surface area contributed by atoms with Crippen LogP contribution in [0, 0.1) is 5.92 Å². The molecule has 2 unspecified atom stereocenters. The minimum atomic E-state index is -0.472. The van der Waals surface area contributed by atoms with Crippen molar-refractivity contribution >= 4 is 38.3 Å². The topological polar surface area (TPSA) is 55.1 Å². The SMILES string of the molecule is CCC(C)C(N)C(=O)Nc1ccc2cc(Br)ccc2c1. The fourth-order valence-electron chi connectivity index (χ4n) is 2.03. The molecule has 3 N–H and O–H groups in total. The second kappa shape index (κ2) is 6.37. The largest absolute Gasteiger partial charge is 0.325 e. The first-order chi connectivity index (χ1) is 9.51. The van der Waals surface area contributed by atoms with Gasteiger partial charge in [0.25, 0.3) is 0 Å². The molecular weight excluding hydrogens is 316 g/mol. The van der Waals surface area contributed by atoms with Gasteiger partial charge in [0, 0.05) is 10.2 Å². The van der Waals surface area contributed by atoms with Crippen molar-refractivity contribution in [1.82, 2.24) is 0 Å². The van der Waals surface area contributed by atoms with Gasteiger partial charge in [-0.15, -0.1) is 0 Å². The summed E-state index contributed by atoms with van der Waals surface area (Å²) < 4.78 is 1.04. The van der Waals surface area contributed by atoms with E-state index in [1.54, 1.807) is 0 Å². The Kier molecular flexibility index (Phi) is 4.78. The summed E-state index contributed by atoms with van der Waals surface area (Å²) in [6, 6.07) is 11.4. The molecule has 4 heteroatoms. The van der Waals surface area contributed by atoms with E-state index >= 15 is 0 Å². The van der Waals surface area contributed by atoms with Crippen LogP contribution in [0.25, 0.3) is 10.8 Å². The van der Waals surface area contributed by atoms with Crippen LogP contribution in [-0.4, -0.2) is 11.9 Å². The highest BCUT2D eigenvalue weighted by molar-refractivity contribution is 9.10. The lowest BCUT2D eigenvalue weighted by atomic mass is 9.99. The first-order valence-corrected chi connectivity index (χ1v) is 7.56. The van der Waals surface area contributed by atoms with E-state index in [-0.39, 0.29) is 11.8 Å². The number of fused-ring (bicyclic) bond motifs is 1. The standard InChI is InChI=1S/C16H19BrN2O/c1-3-10(2)15(18)16(20)19-14-7-5-11-8-13(17)6-4-12(11)9-14/h4-10,15H,3,18H2,1-2H3,(H,19,20). The number of amides is 1. The Bertz CT molecular complexity index is 627. The van der Waals surface area contributed by atoms with Gasteiger partial charge in [0.2, 0.25) is 5.91 Å². The number of anilines is 1. The highest BCUT2D eigenvalue weighted by atomic mass is 79.9. The highest BCUT2D eigenvalue weighted by Gasteiger charge is 2.19. The van der Waals surface area contributed by atoms with Crippen molar-refractivity contribution in [3.63, 3.8) is 0 Å². The van der Waals surface area contributed by atoms with Gasteiger partial charge in [-0.1, -0.05) is 48.3 Å². The number of rotatable bonds is 4. The second-order valence-corrected chi connectivity index (χ2v) is 6.02. The zero-order valence-corrected chi connectivity index (χ0v) is 13.3. The van der Waals surface area contributed by atoms with E-state index in [1.807, 2.05) is 50.2 Å². The second-order valence-electron chi connectivity index (χ2n) is 5.11. The Hall–Kier alpha value is -1.39. The third-order valence-corrected chi connectivity index (χ3v) is 4.12. The number of benzene rings is 2. The van der Waals surface area contributed by atoms with Crippen molar-refractivity contribution < 1.29 is 4.79 Å². The van der Waals surface area contributed by atoms with Crippen molar-refractivity contribution in [3.05, 3.63) is 40.9 Å². The minimum Gasteiger partial charge on any atom is -0.325 e. The molecule has 2 aromatic rings. The van der Waals surface area contributed by atoms with E-state index < -0.39 is 6.04 Å². The van der Waals surface area contributed by atoms with E-state index in [0.717, 1.165) is 27.4 Å². The number of nitrogens with one attached hydrogen (secondary N) is 1. The maximum atomic E-state index is 12.1. The Morgan fingerprint density at radius 1 is 1.25 bits per heavy atom. The summed E-state index contributed by atoms with van der Waals surface area (Å²) in [5.74, 6) is 0.0437. The molecule has 2 atom stereocenters. The summed E-state index contributed by atoms with van der Waals surface area (Å²) in [6.45, 7) is 4.02. The molecule has 0 aromatic heterocycles. The van der Waals surface area contributed by atoms with Crippen LogP contribution in [0.5, 0.6) is 0 Å². The van der Waals surface area contributed by atoms with E-state index in [2.05, 4.69) is 21.2 Å². The fourth-order valence-corrected chi connectivity index (χ4v) is 2.41. The Labute approximate surface area is 127 Å². The molecule has 0 spiro atoms. The lowest BCUT2D eigenvalue weighted by Crippen LogP contribution is -2.40. The van der Waals surface area contributed by atoms with Crippen LogP contribution in [0.1, 0.15) is 20.3 Å². The van der Waals surface area contributed by atoms with Crippen LogP contribution in [0.2, 0.25) is 0 Å². The lowest BCUT2D eigenvalue weighted by Gasteiger charge is -2.17. The number of halogens is 1. The van der Waals surface area contributed by atoms with Gasteiger partial charge in [0.05, 0.1) is 6.04 Å². The van der Waals surface area contributed by atoms with Gasteiger partial charge in [-0.3, -0.25) is 4.79 Å². The third kappa shape index (κ3) is 3.38. The number of nitrogens with two attached hydrogens (primary N) is 1. The lowest BCUT2D eigenvalue weighted by molar-refractivity contribution is -0.118. The van der Waals surface area contributed by atoms with Gasteiger partial charge in [-0.25, -0.2) is 0 Å². The number of carbonyl (C=O) groups excluding carboxylic acids is 1. The number of hydrogen-bond acceptors (Lipinski definition) is 2. The maximum absolute atomic E-state index is 12.1. The van der Waals surface area contributed by atoms with Gasteiger partial charge in [0.15, 0.2) is 0 Å². The summed E-state index contributed by atoms with van der Waals surface area (Å²) in [4.78, 5) is 12.1. The van der Waals surface area contributed by atoms with E-state index in [4.69, 9.17) is 5.73 Å². The van der Waals surface area contributed by atoms with Crippen LogP contribution in [0.15, 0.2) is 40.9 Å². The molecule has 0 saturated carbocycles. The average Bonchev–Trinajstić information content (AvgIpc) is 2.45. The third-order valence-electron chi connectivity index (χ3n) is 3.63. The Balaban J connectivity index is 2.18. The quantitative estimate of drug-likeness (QED) is 0.890. The monoisotopic (exact) mass is 334 g/mol. The molecule has 20 heavy (non-hydrogen) atoms. The first-order valence-electron chi connectivity index (χ1n) is 6.77. The van der Waals surface area contributed by atoms with Crippen LogP contribution >= 0.6 is 15.9 Å². The summed E-state index contributed by atoms with van der Waals surface area (Å²) in [5.41, 5.74) is 6.71. The van der Waals surface area contributed by atoms with Crippen molar-refractivity contribution in [2.75, 3.05) is 5.32 Å². The van der Waals surface area contributed by atoms with Crippen molar-refractivity contribution in [1.29, 1.82) is 0 Å². The molecule has 0 radical (unpaired) electrons. The summed E-state index contributed by atoms with van der Waals surface area (Å²) in [6.07, 6.45) is 0.889. The summed E-state index contributed by atoms with van der Waals surface area (Å²) in [5, 5.41) is 5.10. The Morgan fingerprint density at radius 2 is 1.90 bits per heavy atom. The van der Waals surface area contributed by atoms with Crippen LogP contribution < -0.4 is 11.1 Å². The van der Waals surface area contributed by atoms with Crippen molar-refractivity contribution in [2.24, 2.45) is 11.7 Å². The predicted octanol–water partition coefficient (Wildman–Crippen LogP) is 3.91. The highest BCUT2D eigenvalue weighted by Crippen LogP contribution is 2.23. The van der Waals surface area contributed by atoms with Gasteiger partial charge in [0.1, 0.15) is 0 Å². The summed E-state index contributed by atoms with van der Waals surface area (Å²) >= 11 is 3.45. The summed E-state index contributed by atoms with van der Waals surface area (Å²) in [7, 11) is 0.